The molecule has 0 bridgehead atoms. The van der Waals surface area contributed by atoms with E-state index in [9.17, 15) is 15.3 Å². The summed E-state index contributed by atoms with van der Waals surface area (Å²) >= 11 is 1.96. The van der Waals surface area contributed by atoms with Crippen molar-refractivity contribution >= 4 is 11.8 Å². The van der Waals surface area contributed by atoms with Crippen molar-refractivity contribution in [3.05, 3.63) is 59.3 Å². The van der Waals surface area contributed by atoms with Crippen LogP contribution in [-0.2, 0) is 0 Å². The summed E-state index contributed by atoms with van der Waals surface area (Å²) in [5.74, 6) is 1.46. The Bertz CT molecular complexity index is 832. The van der Waals surface area contributed by atoms with Crippen LogP contribution < -0.4 is 0 Å². The largest absolute Gasteiger partial charge is 0.393 e. The molecule has 0 aromatic heterocycles. The molecule has 3 aliphatic rings. The predicted octanol–water partition coefficient (Wildman–Crippen LogP) is 6.28. The Kier molecular flexibility index (Phi) is 8.94. The van der Waals surface area contributed by atoms with Crippen molar-refractivity contribution in [2.45, 2.75) is 102 Å². The van der Waals surface area contributed by atoms with Crippen LogP contribution in [0.2, 0.25) is 0 Å². The van der Waals surface area contributed by atoms with Crippen molar-refractivity contribution in [2.75, 3.05) is 5.75 Å². The number of hydrogen-bond donors (Lipinski definition) is 3. The topological polar surface area (TPSA) is 60.7 Å². The van der Waals surface area contributed by atoms with E-state index in [0.717, 1.165) is 42.6 Å². The molecule has 0 aromatic carbocycles. The molecule has 0 amide bonds. The predicted molar refractivity (Wildman–Crippen MR) is 141 cm³/mol. The molecular weight excluding hydrogens is 428 g/mol. The zero-order chi connectivity index (χ0) is 24.2. The summed E-state index contributed by atoms with van der Waals surface area (Å²) < 4.78 is 0. The van der Waals surface area contributed by atoms with Gasteiger partial charge in [-0.25, -0.2) is 0 Å². The Morgan fingerprint density at radius 1 is 1.27 bits per heavy atom. The second-order valence-corrected chi connectivity index (χ2v) is 11.8. The Morgan fingerprint density at radius 3 is 2.70 bits per heavy atom. The summed E-state index contributed by atoms with van der Waals surface area (Å²) in [7, 11) is 0. The van der Waals surface area contributed by atoms with Gasteiger partial charge in [-0.15, -0.1) is 0 Å². The number of fused-ring (bicyclic) bond motifs is 1. The molecule has 4 heteroatoms. The van der Waals surface area contributed by atoms with Gasteiger partial charge in [-0.3, -0.25) is 0 Å². The smallest absolute Gasteiger partial charge is 0.0822 e. The van der Waals surface area contributed by atoms with Crippen LogP contribution in [0.15, 0.2) is 59.3 Å². The van der Waals surface area contributed by atoms with Crippen molar-refractivity contribution in [2.24, 2.45) is 11.3 Å². The molecule has 0 radical (unpaired) electrons. The van der Waals surface area contributed by atoms with E-state index in [4.69, 9.17) is 0 Å². The highest BCUT2D eigenvalue weighted by Gasteiger charge is 2.46. The number of rotatable bonds is 8. The van der Waals surface area contributed by atoms with Gasteiger partial charge in [0.1, 0.15) is 0 Å². The van der Waals surface area contributed by atoms with Crippen molar-refractivity contribution in [1.82, 2.24) is 0 Å². The molecule has 184 valence electrons. The van der Waals surface area contributed by atoms with Crippen LogP contribution >= 0.6 is 11.8 Å². The Balaban J connectivity index is 1.67. The Labute approximate surface area is 205 Å². The molecule has 0 aromatic rings. The van der Waals surface area contributed by atoms with Gasteiger partial charge in [-0.05, 0) is 74.3 Å². The SMILES string of the molecule is C=C1/C(=C\C=C2/CCC[C@]3(C)C(C(C)SC/C=C/C(O)(CC)CC)=CC[C@@H]23)C[C@@H](O)C[C@@H]1O. The minimum atomic E-state index is -0.666. The van der Waals surface area contributed by atoms with E-state index in [1.165, 1.54) is 18.4 Å². The van der Waals surface area contributed by atoms with E-state index >= 15 is 0 Å². The van der Waals surface area contributed by atoms with Crippen molar-refractivity contribution in [1.29, 1.82) is 0 Å². The zero-order valence-corrected chi connectivity index (χ0v) is 21.8. The standard InChI is InChI=1S/C29H44O3S/c1-6-29(32,7-2)16-9-17-33-21(4)25-13-14-26-22(10-8-15-28(25,26)5)11-12-23-18-24(30)19-27(31)20(23)3/h9,11-13,16,21,24,26-27,30-32H,3,6-8,10,14-15,17-19H2,1-2,4-5H3/b16-9+,22-11+,23-12-/t21?,24-,26+,27+,28-/m1/s1. The van der Waals surface area contributed by atoms with E-state index in [1.807, 2.05) is 31.7 Å². The first-order valence-corrected chi connectivity index (χ1v) is 13.9. The quantitative estimate of drug-likeness (QED) is 0.364. The van der Waals surface area contributed by atoms with Crippen LogP contribution in [0.25, 0.3) is 0 Å². The van der Waals surface area contributed by atoms with E-state index < -0.39 is 17.8 Å². The molecule has 3 nitrogen and oxygen atoms in total. The monoisotopic (exact) mass is 472 g/mol. The Morgan fingerprint density at radius 2 is 2.00 bits per heavy atom. The van der Waals surface area contributed by atoms with Crippen molar-refractivity contribution in [3.63, 3.8) is 0 Å². The summed E-state index contributed by atoms with van der Waals surface area (Å²) in [6, 6.07) is 0. The average molecular weight is 473 g/mol. The molecule has 3 rings (SSSR count). The van der Waals surface area contributed by atoms with Gasteiger partial charge in [0.2, 0.25) is 0 Å². The molecule has 2 fully saturated rings. The fourth-order valence-corrected chi connectivity index (χ4v) is 7.03. The van der Waals surface area contributed by atoms with Gasteiger partial charge in [0, 0.05) is 17.4 Å². The van der Waals surface area contributed by atoms with Gasteiger partial charge in [-0.2, -0.15) is 11.8 Å². The van der Waals surface area contributed by atoms with E-state index in [0.29, 0.717) is 24.0 Å². The third-order valence-corrected chi connectivity index (χ3v) is 9.55. The average Bonchev–Trinajstić information content (AvgIpc) is 3.15. The van der Waals surface area contributed by atoms with E-state index in [-0.39, 0.29) is 5.41 Å². The lowest BCUT2D eigenvalue weighted by atomic mass is 9.64. The highest BCUT2D eigenvalue weighted by atomic mass is 32.2. The van der Waals surface area contributed by atoms with Gasteiger partial charge in [0.15, 0.2) is 0 Å². The molecule has 0 aliphatic heterocycles. The summed E-state index contributed by atoms with van der Waals surface area (Å²) in [6.45, 7) is 12.9. The first-order valence-electron chi connectivity index (χ1n) is 12.8. The summed E-state index contributed by atoms with van der Waals surface area (Å²) in [6.07, 6.45) is 17.0. The summed E-state index contributed by atoms with van der Waals surface area (Å²) in [5.41, 5.74) is 4.37. The van der Waals surface area contributed by atoms with Gasteiger partial charge in [0.05, 0.1) is 17.8 Å². The number of allylic oxidation sites excluding steroid dienone is 4. The normalized spacial score (nSPS) is 34.2. The maximum absolute atomic E-state index is 10.5. The minimum Gasteiger partial charge on any atom is -0.393 e. The first-order chi connectivity index (χ1) is 15.6. The van der Waals surface area contributed by atoms with Crippen LogP contribution in [0.4, 0.5) is 0 Å². The fourth-order valence-electron chi connectivity index (χ4n) is 5.99. The van der Waals surface area contributed by atoms with Crippen LogP contribution in [0.1, 0.15) is 79.1 Å². The number of hydrogen-bond acceptors (Lipinski definition) is 4. The molecule has 33 heavy (non-hydrogen) atoms. The first kappa shape index (κ1) is 26.5. The van der Waals surface area contributed by atoms with Crippen LogP contribution in [0, 0.1) is 11.3 Å². The summed E-state index contributed by atoms with van der Waals surface area (Å²) in [5, 5.41) is 31.1. The maximum Gasteiger partial charge on any atom is 0.0822 e. The van der Waals surface area contributed by atoms with Crippen LogP contribution in [0.5, 0.6) is 0 Å². The molecular formula is C29H44O3S. The zero-order valence-electron chi connectivity index (χ0n) is 21.0. The van der Waals surface area contributed by atoms with Crippen LogP contribution in [0.3, 0.4) is 0 Å². The van der Waals surface area contributed by atoms with Crippen molar-refractivity contribution in [3.8, 4) is 0 Å². The highest BCUT2D eigenvalue weighted by molar-refractivity contribution is 8.00. The van der Waals surface area contributed by atoms with Gasteiger partial charge in [-0.1, -0.05) is 68.9 Å². The molecule has 0 heterocycles. The molecule has 1 unspecified atom stereocenters. The Hall–Kier alpha value is -1.07. The number of thioether (sulfide) groups is 1. The molecule has 2 saturated carbocycles. The molecule has 0 spiro atoms. The maximum atomic E-state index is 10.5. The molecule has 3 aliphatic carbocycles. The number of aliphatic hydroxyl groups is 3. The van der Waals surface area contributed by atoms with E-state index in [2.05, 4.69) is 44.7 Å². The lowest BCUT2D eigenvalue weighted by Gasteiger charge is -2.42. The third-order valence-electron chi connectivity index (χ3n) is 8.41. The lowest BCUT2D eigenvalue weighted by Crippen LogP contribution is -2.33. The van der Waals surface area contributed by atoms with Gasteiger partial charge < -0.3 is 15.3 Å². The van der Waals surface area contributed by atoms with Gasteiger partial charge >= 0.3 is 0 Å². The molecule has 0 saturated heterocycles. The highest BCUT2D eigenvalue weighted by Crippen LogP contribution is 2.56. The lowest BCUT2D eigenvalue weighted by molar-refractivity contribution is 0.0826. The number of aliphatic hydroxyl groups excluding tert-OH is 2. The second-order valence-electron chi connectivity index (χ2n) is 10.5. The van der Waals surface area contributed by atoms with E-state index in [1.54, 1.807) is 5.57 Å². The third kappa shape index (κ3) is 5.96. The molecule has 3 N–H and O–H groups in total. The molecule has 5 atom stereocenters. The summed E-state index contributed by atoms with van der Waals surface area (Å²) in [4.78, 5) is 0. The second kappa shape index (κ2) is 11.1. The fraction of sp³-hybridized carbons (Fsp3) is 0.655. The van der Waals surface area contributed by atoms with Crippen molar-refractivity contribution < 1.29 is 15.3 Å². The van der Waals surface area contributed by atoms with Crippen LogP contribution in [-0.4, -0.2) is 44.1 Å². The minimum absolute atomic E-state index is 0.203. The van der Waals surface area contributed by atoms with Gasteiger partial charge in [0.25, 0.3) is 0 Å².